The third-order valence-corrected chi connectivity index (χ3v) is 5.03. The number of nitrogens with zero attached hydrogens (tertiary/aromatic N) is 1. The largest absolute Gasteiger partial charge is 0.466 e. The molecule has 37 heavy (non-hydrogen) atoms. The minimum atomic E-state index is -1.37. The smallest absolute Gasteiger partial charge is 0.408 e. The molecule has 3 amide bonds. The van der Waals surface area contributed by atoms with Gasteiger partial charge in [-0.05, 0) is 65.7 Å². The van der Waals surface area contributed by atoms with Crippen LogP contribution in [0, 0.1) is 0 Å². The molecule has 10 nitrogen and oxygen atoms in total. The molecule has 1 rings (SSSR count). The molecule has 0 aromatic heterocycles. The summed E-state index contributed by atoms with van der Waals surface area (Å²) in [6, 6.07) is 4.44. The predicted octanol–water partition coefficient (Wildman–Crippen LogP) is 2.95. The molecule has 1 aromatic carbocycles. The van der Waals surface area contributed by atoms with Crippen molar-refractivity contribution in [3.63, 3.8) is 0 Å². The van der Waals surface area contributed by atoms with Crippen LogP contribution in [0.25, 0.3) is 6.08 Å². The Kier molecular flexibility index (Phi) is 11.8. The molecule has 0 heterocycles. The van der Waals surface area contributed by atoms with Crippen LogP contribution in [0.3, 0.4) is 0 Å². The number of alkyl carbamates (subject to hydrolysis) is 1. The summed E-state index contributed by atoms with van der Waals surface area (Å²) in [5, 5.41) is 15.1. The third kappa shape index (κ3) is 10.2. The van der Waals surface area contributed by atoms with Crippen molar-refractivity contribution >= 4 is 30.0 Å². The second-order valence-corrected chi connectivity index (χ2v) is 10.4. The number of amides is 3. The van der Waals surface area contributed by atoms with Gasteiger partial charge in [0.2, 0.25) is 11.8 Å². The highest BCUT2D eigenvalue weighted by atomic mass is 16.6. The van der Waals surface area contributed by atoms with E-state index in [4.69, 9.17) is 9.47 Å². The van der Waals surface area contributed by atoms with Gasteiger partial charge in [0.05, 0.1) is 19.6 Å². The number of esters is 1. The number of aliphatic hydroxyl groups excluding tert-OH is 1. The number of hydrogen-bond donors (Lipinski definition) is 3. The zero-order valence-corrected chi connectivity index (χ0v) is 22.9. The SMILES string of the molecule is C=Cc1cccc(C(C(=O)NCCC(=O)OCC)N(C(=O)C(CO)NC(=O)OC(C)(C)C)C(C)(C)C)c1. The highest BCUT2D eigenvalue weighted by Gasteiger charge is 2.41. The van der Waals surface area contributed by atoms with Crippen LogP contribution in [-0.4, -0.2) is 70.8 Å². The summed E-state index contributed by atoms with van der Waals surface area (Å²) in [6.07, 6.45) is 0.697. The van der Waals surface area contributed by atoms with Gasteiger partial charge in [-0.3, -0.25) is 14.4 Å². The second-order valence-electron chi connectivity index (χ2n) is 10.4. The fourth-order valence-corrected chi connectivity index (χ4v) is 3.54. The van der Waals surface area contributed by atoms with Crippen molar-refractivity contribution in [3.05, 3.63) is 42.0 Å². The molecule has 0 aliphatic heterocycles. The van der Waals surface area contributed by atoms with Crippen molar-refractivity contribution in [2.45, 2.75) is 78.1 Å². The van der Waals surface area contributed by atoms with E-state index >= 15 is 0 Å². The number of benzene rings is 1. The molecule has 0 spiro atoms. The van der Waals surface area contributed by atoms with E-state index < -0.39 is 53.7 Å². The monoisotopic (exact) mass is 519 g/mol. The number of carbonyl (C=O) groups excluding carboxylic acids is 4. The van der Waals surface area contributed by atoms with Crippen LogP contribution < -0.4 is 10.6 Å². The van der Waals surface area contributed by atoms with Crippen molar-refractivity contribution in [3.8, 4) is 0 Å². The summed E-state index contributed by atoms with van der Waals surface area (Å²) in [5.41, 5.74) is -0.520. The predicted molar refractivity (Wildman–Crippen MR) is 140 cm³/mol. The number of nitrogens with one attached hydrogen (secondary N) is 2. The van der Waals surface area contributed by atoms with Gasteiger partial charge < -0.3 is 30.1 Å². The maximum Gasteiger partial charge on any atom is 0.408 e. The van der Waals surface area contributed by atoms with Crippen molar-refractivity contribution in [1.29, 1.82) is 0 Å². The maximum atomic E-state index is 13.8. The first-order valence-corrected chi connectivity index (χ1v) is 12.2. The fourth-order valence-electron chi connectivity index (χ4n) is 3.54. The molecule has 0 saturated carbocycles. The molecule has 1 aromatic rings. The number of rotatable bonds is 11. The van der Waals surface area contributed by atoms with E-state index in [-0.39, 0.29) is 19.6 Å². The lowest BCUT2D eigenvalue weighted by Gasteiger charge is -2.42. The Hall–Kier alpha value is -3.40. The molecule has 0 radical (unpaired) electrons. The zero-order valence-electron chi connectivity index (χ0n) is 22.9. The summed E-state index contributed by atoms with van der Waals surface area (Å²) in [7, 11) is 0. The summed E-state index contributed by atoms with van der Waals surface area (Å²) in [5.74, 6) is -1.68. The molecular weight excluding hydrogens is 478 g/mol. The highest BCUT2D eigenvalue weighted by molar-refractivity contribution is 5.93. The molecule has 0 saturated heterocycles. The van der Waals surface area contributed by atoms with Gasteiger partial charge in [-0.2, -0.15) is 0 Å². The Bertz CT molecular complexity index is 963. The molecule has 2 unspecified atom stereocenters. The minimum absolute atomic E-state index is 0.00107. The van der Waals surface area contributed by atoms with Crippen LogP contribution in [0.5, 0.6) is 0 Å². The van der Waals surface area contributed by atoms with E-state index in [0.717, 1.165) is 5.56 Å². The van der Waals surface area contributed by atoms with Crippen LogP contribution in [0.1, 0.15) is 72.1 Å². The number of hydrogen-bond acceptors (Lipinski definition) is 7. The Balaban J connectivity index is 3.43. The second kappa shape index (κ2) is 13.8. The molecule has 206 valence electrons. The van der Waals surface area contributed by atoms with Crippen LogP contribution in [-0.2, 0) is 23.9 Å². The van der Waals surface area contributed by atoms with E-state index in [1.165, 1.54) is 4.90 Å². The molecule has 10 heteroatoms. The summed E-state index contributed by atoms with van der Waals surface area (Å²) >= 11 is 0. The normalized spacial score (nSPS) is 13.1. The fraction of sp³-hybridized carbons (Fsp3) is 0.556. The average Bonchev–Trinajstić information content (AvgIpc) is 2.78. The van der Waals surface area contributed by atoms with E-state index in [2.05, 4.69) is 17.2 Å². The lowest BCUT2D eigenvalue weighted by molar-refractivity contribution is -0.149. The van der Waals surface area contributed by atoms with Crippen LogP contribution >= 0.6 is 0 Å². The number of aliphatic hydroxyl groups is 1. The zero-order chi connectivity index (χ0) is 28.4. The molecule has 0 aliphatic carbocycles. The Morgan fingerprint density at radius 1 is 1.14 bits per heavy atom. The Morgan fingerprint density at radius 3 is 2.30 bits per heavy atom. The van der Waals surface area contributed by atoms with Gasteiger partial charge in [-0.15, -0.1) is 0 Å². The van der Waals surface area contributed by atoms with E-state index in [0.29, 0.717) is 5.56 Å². The van der Waals surface area contributed by atoms with Crippen LogP contribution in [0.2, 0.25) is 0 Å². The van der Waals surface area contributed by atoms with E-state index in [9.17, 15) is 24.3 Å². The van der Waals surface area contributed by atoms with Crippen molar-refractivity contribution in [2.24, 2.45) is 0 Å². The van der Waals surface area contributed by atoms with Gasteiger partial charge in [0, 0.05) is 12.1 Å². The number of ether oxygens (including phenoxy) is 2. The van der Waals surface area contributed by atoms with Crippen molar-refractivity contribution in [2.75, 3.05) is 19.8 Å². The lowest BCUT2D eigenvalue weighted by atomic mass is 9.94. The molecule has 0 aliphatic rings. The molecular formula is C27H41N3O7. The van der Waals surface area contributed by atoms with Gasteiger partial charge in [-0.1, -0.05) is 30.9 Å². The van der Waals surface area contributed by atoms with E-state index in [1.54, 1.807) is 78.8 Å². The van der Waals surface area contributed by atoms with Crippen LogP contribution in [0.15, 0.2) is 30.8 Å². The van der Waals surface area contributed by atoms with E-state index in [1.807, 2.05) is 0 Å². The summed E-state index contributed by atoms with van der Waals surface area (Å²) in [6.45, 7) is 15.2. The standard InChI is InChI=1S/C27H41N3O7/c1-9-18-12-11-13-19(16-18)22(23(33)28-15-14-21(32)36-10-2)30(26(3,4)5)24(34)20(17-31)29-25(35)37-27(6,7)8/h9,11-13,16,20,22,31H,1,10,14-15,17H2,2-8H3,(H,28,33)(H,29,35). The topological polar surface area (TPSA) is 134 Å². The lowest BCUT2D eigenvalue weighted by Crippen LogP contribution is -2.59. The first kappa shape index (κ1) is 31.6. The van der Waals surface area contributed by atoms with Crippen molar-refractivity contribution in [1.82, 2.24) is 15.5 Å². The minimum Gasteiger partial charge on any atom is -0.466 e. The molecule has 2 atom stereocenters. The average molecular weight is 520 g/mol. The molecule has 0 fully saturated rings. The van der Waals surface area contributed by atoms with Crippen LogP contribution in [0.4, 0.5) is 4.79 Å². The van der Waals surface area contributed by atoms with Crippen molar-refractivity contribution < 1.29 is 33.8 Å². The summed E-state index contributed by atoms with van der Waals surface area (Å²) < 4.78 is 10.1. The highest BCUT2D eigenvalue weighted by Crippen LogP contribution is 2.30. The Labute approximate surface area is 219 Å². The van der Waals surface area contributed by atoms with Gasteiger partial charge >= 0.3 is 12.1 Å². The van der Waals surface area contributed by atoms with Gasteiger partial charge in [0.25, 0.3) is 0 Å². The third-order valence-electron chi connectivity index (χ3n) is 5.03. The first-order valence-electron chi connectivity index (χ1n) is 12.2. The quantitative estimate of drug-likeness (QED) is 0.383. The maximum absolute atomic E-state index is 13.8. The van der Waals surface area contributed by atoms with Gasteiger partial charge in [0.15, 0.2) is 0 Å². The Morgan fingerprint density at radius 2 is 1.78 bits per heavy atom. The van der Waals surface area contributed by atoms with Gasteiger partial charge in [-0.25, -0.2) is 4.79 Å². The molecule has 0 bridgehead atoms. The molecule has 3 N–H and O–H groups in total. The summed E-state index contributed by atoms with van der Waals surface area (Å²) in [4.78, 5) is 52.8. The number of carbonyl (C=O) groups is 4. The van der Waals surface area contributed by atoms with Gasteiger partial charge in [0.1, 0.15) is 17.7 Å². The first-order chi connectivity index (χ1) is 17.1.